The van der Waals surface area contributed by atoms with Gasteiger partial charge in [-0.05, 0) is 51.5 Å². The zero-order valence-electron chi connectivity index (χ0n) is 18.4. The van der Waals surface area contributed by atoms with Crippen molar-refractivity contribution in [3.05, 3.63) is 71.7 Å². The number of anilines is 1. The third-order valence-corrected chi connectivity index (χ3v) is 4.81. The number of hydrogen-bond acceptors (Lipinski definition) is 6. The zero-order valence-corrected chi connectivity index (χ0v) is 18.4. The number of nitrogens with zero attached hydrogens (tertiary/aromatic N) is 6. The summed E-state index contributed by atoms with van der Waals surface area (Å²) in [4.78, 5) is 14.1. The maximum atomic E-state index is 4.72. The van der Waals surface area contributed by atoms with Gasteiger partial charge in [0.25, 0.3) is 0 Å². The van der Waals surface area contributed by atoms with Gasteiger partial charge in [-0.2, -0.15) is 0 Å². The van der Waals surface area contributed by atoms with Gasteiger partial charge in [0.15, 0.2) is 0 Å². The molecular formula is C24H27N7. The molecule has 4 aromatic rings. The summed E-state index contributed by atoms with van der Waals surface area (Å²) in [6, 6.07) is 16.5. The molecule has 1 aromatic carbocycles. The van der Waals surface area contributed by atoms with Gasteiger partial charge < -0.3 is 5.32 Å². The molecule has 3 aromatic heterocycles. The van der Waals surface area contributed by atoms with Crippen LogP contribution in [0.5, 0.6) is 0 Å². The largest absolute Gasteiger partial charge is 0.352 e. The van der Waals surface area contributed by atoms with Crippen LogP contribution >= 0.6 is 0 Å². The molecule has 0 amide bonds. The van der Waals surface area contributed by atoms with E-state index >= 15 is 0 Å². The van der Waals surface area contributed by atoms with Crippen LogP contribution in [0.25, 0.3) is 22.6 Å². The first-order valence-corrected chi connectivity index (χ1v) is 10.6. The van der Waals surface area contributed by atoms with E-state index < -0.39 is 0 Å². The highest BCUT2D eigenvalue weighted by molar-refractivity contribution is 5.67. The Morgan fingerprint density at radius 3 is 2.45 bits per heavy atom. The molecule has 3 heterocycles. The normalized spacial score (nSPS) is 11.1. The standard InChI is InChI=1S/C24H27N7/c1-5-19-10-7-11-20(26-19)14-31-15-23(29-30-31)22-13-21(18-9-6-8-17(4)12-18)27-24(28-22)25-16(2)3/h6-13,15-16H,5,14H2,1-4H3,(H,25,27,28). The van der Waals surface area contributed by atoms with Crippen molar-refractivity contribution in [2.75, 3.05) is 5.32 Å². The molecule has 0 fully saturated rings. The fourth-order valence-corrected chi connectivity index (χ4v) is 3.33. The van der Waals surface area contributed by atoms with E-state index in [2.05, 4.69) is 71.5 Å². The summed E-state index contributed by atoms with van der Waals surface area (Å²) in [6.07, 6.45) is 2.81. The van der Waals surface area contributed by atoms with Crippen LogP contribution in [-0.4, -0.2) is 36.0 Å². The molecule has 7 heteroatoms. The lowest BCUT2D eigenvalue weighted by Gasteiger charge is -2.11. The number of aryl methyl sites for hydroxylation is 2. The summed E-state index contributed by atoms with van der Waals surface area (Å²) in [5.41, 5.74) is 6.55. The second-order valence-corrected chi connectivity index (χ2v) is 7.91. The fraction of sp³-hybridized carbons (Fsp3) is 0.292. The zero-order chi connectivity index (χ0) is 21.8. The predicted molar refractivity (Wildman–Crippen MR) is 123 cm³/mol. The van der Waals surface area contributed by atoms with Crippen molar-refractivity contribution in [1.82, 2.24) is 29.9 Å². The Labute approximate surface area is 182 Å². The van der Waals surface area contributed by atoms with E-state index in [0.29, 0.717) is 18.2 Å². The molecule has 0 radical (unpaired) electrons. The summed E-state index contributed by atoms with van der Waals surface area (Å²) in [6.45, 7) is 8.87. The predicted octanol–water partition coefficient (Wildman–Crippen LogP) is 4.54. The van der Waals surface area contributed by atoms with Crippen LogP contribution in [0, 0.1) is 6.92 Å². The van der Waals surface area contributed by atoms with Gasteiger partial charge in [0.1, 0.15) is 5.69 Å². The molecule has 0 aliphatic carbocycles. The van der Waals surface area contributed by atoms with Gasteiger partial charge in [0, 0.05) is 17.3 Å². The highest BCUT2D eigenvalue weighted by Gasteiger charge is 2.13. The van der Waals surface area contributed by atoms with E-state index in [1.165, 1.54) is 5.56 Å². The molecule has 0 bridgehead atoms. The smallest absolute Gasteiger partial charge is 0.224 e. The Kier molecular flexibility index (Phi) is 6.02. The number of nitrogens with one attached hydrogen (secondary N) is 1. The maximum Gasteiger partial charge on any atom is 0.224 e. The minimum absolute atomic E-state index is 0.216. The molecule has 0 unspecified atom stereocenters. The van der Waals surface area contributed by atoms with Crippen LogP contribution in [0.1, 0.15) is 37.7 Å². The van der Waals surface area contributed by atoms with Gasteiger partial charge in [-0.1, -0.05) is 42.0 Å². The lowest BCUT2D eigenvalue weighted by molar-refractivity contribution is 0.636. The van der Waals surface area contributed by atoms with Crippen molar-refractivity contribution in [3.63, 3.8) is 0 Å². The topological polar surface area (TPSA) is 81.4 Å². The minimum Gasteiger partial charge on any atom is -0.352 e. The second-order valence-electron chi connectivity index (χ2n) is 7.91. The van der Waals surface area contributed by atoms with E-state index in [1.54, 1.807) is 4.68 Å². The third kappa shape index (κ3) is 5.12. The molecule has 0 atom stereocenters. The highest BCUT2D eigenvalue weighted by Crippen LogP contribution is 2.25. The van der Waals surface area contributed by atoms with Gasteiger partial charge in [-0.25, -0.2) is 14.6 Å². The van der Waals surface area contributed by atoms with Crippen LogP contribution in [0.2, 0.25) is 0 Å². The van der Waals surface area contributed by atoms with Crippen LogP contribution in [0.4, 0.5) is 5.95 Å². The van der Waals surface area contributed by atoms with Crippen LogP contribution in [-0.2, 0) is 13.0 Å². The average molecular weight is 414 g/mol. The van der Waals surface area contributed by atoms with Crippen LogP contribution < -0.4 is 5.32 Å². The highest BCUT2D eigenvalue weighted by atomic mass is 15.4. The first kappa shape index (κ1) is 20.7. The molecule has 158 valence electrons. The molecule has 0 spiro atoms. The van der Waals surface area contributed by atoms with E-state index in [4.69, 9.17) is 4.98 Å². The number of benzene rings is 1. The second kappa shape index (κ2) is 9.04. The molecule has 31 heavy (non-hydrogen) atoms. The third-order valence-electron chi connectivity index (χ3n) is 4.81. The van der Waals surface area contributed by atoms with Gasteiger partial charge in [-0.15, -0.1) is 5.10 Å². The lowest BCUT2D eigenvalue weighted by atomic mass is 10.1. The summed E-state index contributed by atoms with van der Waals surface area (Å²) in [7, 11) is 0. The van der Waals surface area contributed by atoms with Crippen molar-refractivity contribution in [2.24, 2.45) is 0 Å². The minimum atomic E-state index is 0.216. The summed E-state index contributed by atoms with van der Waals surface area (Å²) in [5.74, 6) is 0.580. The van der Waals surface area contributed by atoms with Crippen molar-refractivity contribution in [2.45, 2.75) is 46.7 Å². The Bertz CT molecular complexity index is 1180. The molecule has 0 saturated carbocycles. The van der Waals surface area contributed by atoms with Crippen LogP contribution in [0.3, 0.4) is 0 Å². The quantitative estimate of drug-likeness (QED) is 0.479. The van der Waals surface area contributed by atoms with Crippen molar-refractivity contribution in [1.29, 1.82) is 0 Å². The molecule has 0 aliphatic heterocycles. The number of rotatable bonds is 7. The first-order valence-electron chi connectivity index (χ1n) is 10.6. The van der Waals surface area contributed by atoms with E-state index in [-0.39, 0.29) is 6.04 Å². The SMILES string of the molecule is CCc1cccc(Cn2cc(-c3cc(-c4cccc(C)c4)nc(NC(C)C)n3)nn2)n1. The first-order chi connectivity index (χ1) is 15.0. The summed E-state index contributed by atoms with van der Waals surface area (Å²) >= 11 is 0. The molecule has 7 nitrogen and oxygen atoms in total. The Morgan fingerprint density at radius 2 is 1.68 bits per heavy atom. The van der Waals surface area contributed by atoms with E-state index in [9.17, 15) is 0 Å². The summed E-state index contributed by atoms with van der Waals surface area (Å²) in [5, 5.41) is 12.0. The lowest BCUT2D eigenvalue weighted by Crippen LogP contribution is -2.13. The average Bonchev–Trinajstić information content (AvgIpc) is 3.22. The fourth-order valence-electron chi connectivity index (χ4n) is 3.33. The number of hydrogen-bond donors (Lipinski definition) is 1. The summed E-state index contributed by atoms with van der Waals surface area (Å²) < 4.78 is 1.79. The van der Waals surface area contributed by atoms with E-state index in [1.807, 2.05) is 36.5 Å². The molecule has 0 aliphatic rings. The monoisotopic (exact) mass is 413 g/mol. The van der Waals surface area contributed by atoms with Gasteiger partial charge in [0.05, 0.1) is 29.8 Å². The van der Waals surface area contributed by atoms with Gasteiger partial charge in [0.2, 0.25) is 5.95 Å². The van der Waals surface area contributed by atoms with Crippen molar-refractivity contribution < 1.29 is 0 Å². The van der Waals surface area contributed by atoms with Crippen molar-refractivity contribution in [3.8, 4) is 22.6 Å². The Morgan fingerprint density at radius 1 is 0.903 bits per heavy atom. The van der Waals surface area contributed by atoms with Gasteiger partial charge >= 0.3 is 0 Å². The molecule has 1 N–H and O–H groups in total. The number of pyridine rings is 1. The Balaban J connectivity index is 1.67. The molecular weight excluding hydrogens is 386 g/mol. The molecule has 4 rings (SSSR count). The molecule has 0 saturated heterocycles. The van der Waals surface area contributed by atoms with Crippen molar-refractivity contribution >= 4 is 5.95 Å². The maximum absolute atomic E-state index is 4.72. The van der Waals surface area contributed by atoms with Crippen LogP contribution in [0.15, 0.2) is 54.7 Å². The number of aromatic nitrogens is 6. The Hall–Kier alpha value is -3.61. The van der Waals surface area contributed by atoms with E-state index in [0.717, 1.165) is 34.8 Å². The van der Waals surface area contributed by atoms with Gasteiger partial charge in [-0.3, -0.25) is 4.98 Å².